The minimum atomic E-state index is 0.0360. The van der Waals surface area contributed by atoms with E-state index in [0.717, 1.165) is 28.4 Å². The van der Waals surface area contributed by atoms with E-state index in [2.05, 4.69) is 29.2 Å². The molecule has 0 saturated heterocycles. The third-order valence-corrected chi connectivity index (χ3v) is 5.30. The third kappa shape index (κ3) is 2.72. The molecule has 0 fully saturated rings. The smallest absolute Gasteiger partial charge is 0.226 e. The maximum atomic E-state index is 11.7. The molecule has 1 aliphatic rings. The Bertz CT molecular complexity index is 675. The standard InChI is InChI=1S/C14H18N4OS2/c1-4-5-11(19)17-14-16-9-7-20-10-6-15-18(8(2)3)12(10)13(9)21-14/h6,8H,4-5,7H2,1-3H3,(H,16,17,19). The number of anilines is 1. The number of thioether (sulfide) groups is 1. The molecule has 0 aromatic carbocycles. The first-order chi connectivity index (χ1) is 10.1. The fourth-order valence-corrected chi connectivity index (χ4v) is 4.46. The fourth-order valence-electron chi connectivity index (χ4n) is 2.30. The van der Waals surface area contributed by atoms with Gasteiger partial charge in [-0.05, 0) is 20.3 Å². The number of nitrogens with zero attached hydrogens (tertiary/aromatic N) is 3. The number of hydrogen-bond donors (Lipinski definition) is 1. The van der Waals surface area contributed by atoms with Crippen LogP contribution >= 0.6 is 23.1 Å². The van der Waals surface area contributed by atoms with Crippen molar-refractivity contribution in [3.8, 4) is 10.6 Å². The van der Waals surface area contributed by atoms with Gasteiger partial charge in [-0.25, -0.2) is 4.98 Å². The molecule has 5 nitrogen and oxygen atoms in total. The number of thiazole rings is 1. The lowest BCUT2D eigenvalue weighted by Gasteiger charge is -2.15. The summed E-state index contributed by atoms with van der Waals surface area (Å²) in [6.45, 7) is 6.24. The number of carbonyl (C=O) groups is 1. The van der Waals surface area contributed by atoms with Gasteiger partial charge in [0.2, 0.25) is 5.91 Å². The molecule has 1 aliphatic heterocycles. The predicted molar refractivity (Wildman–Crippen MR) is 86.8 cm³/mol. The quantitative estimate of drug-likeness (QED) is 0.926. The molecule has 0 aliphatic carbocycles. The van der Waals surface area contributed by atoms with Gasteiger partial charge in [0.1, 0.15) is 0 Å². The molecule has 2 aromatic heterocycles. The molecule has 112 valence electrons. The Balaban J connectivity index is 1.95. The maximum absolute atomic E-state index is 11.7. The number of hydrogen-bond acceptors (Lipinski definition) is 5. The first kappa shape index (κ1) is 14.6. The van der Waals surface area contributed by atoms with Crippen molar-refractivity contribution >= 4 is 34.1 Å². The zero-order chi connectivity index (χ0) is 15.0. The molecule has 0 saturated carbocycles. The molecule has 3 rings (SSSR count). The van der Waals surface area contributed by atoms with Gasteiger partial charge < -0.3 is 5.32 Å². The summed E-state index contributed by atoms with van der Waals surface area (Å²) in [6.07, 6.45) is 3.31. The van der Waals surface area contributed by atoms with Crippen molar-refractivity contribution in [2.45, 2.75) is 50.3 Å². The second-order valence-electron chi connectivity index (χ2n) is 5.28. The lowest BCUT2D eigenvalue weighted by atomic mass is 10.2. The summed E-state index contributed by atoms with van der Waals surface area (Å²) in [6, 6.07) is 0.306. The summed E-state index contributed by atoms with van der Waals surface area (Å²) >= 11 is 3.31. The average molecular weight is 322 g/mol. The minimum Gasteiger partial charge on any atom is -0.302 e. The number of carbonyl (C=O) groups excluding carboxylic acids is 1. The van der Waals surface area contributed by atoms with E-state index in [1.807, 2.05) is 17.8 Å². The van der Waals surface area contributed by atoms with Crippen LogP contribution in [0.4, 0.5) is 5.13 Å². The summed E-state index contributed by atoms with van der Waals surface area (Å²) < 4.78 is 2.04. The van der Waals surface area contributed by atoms with E-state index in [0.29, 0.717) is 17.6 Å². The van der Waals surface area contributed by atoms with Crippen LogP contribution in [0.5, 0.6) is 0 Å². The number of amides is 1. The van der Waals surface area contributed by atoms with Crippen LogP contribution < -0.4 is 5.32 Å². The molecule has 0 radical (unpaired) electrons. The van der Waals surface area contributed by atoms with Gasteiger partial charge in [-0.3, -0.25) is 9.48 Å². The van der Waals surface area contributed by atoms with Crippen LogP contribution in [-0.2, 0) is 10.5 Å². The van der Waals surface area contributed by atoms with Crippen LogP contribution in [0.3, 0.4) is 0 Å². The minimum absolute atomic E-state index is 0.0360. The molecule has 0 spiro atoms. The Hall–Kier alpha value is -1.34. The molecule has 1 amide bonds. The first-order valence-electron chi connectivity index (χ1n) is 7.10. The van der Waals surface area contributed by atoms with Crippen LogP contribution in [0.2, 0.25) is 0 Å². The Kier molecular flexibility index (Phi) is 4.03. The number of nitrogens with one attached hydrogen (secondary N) is 1. The molecule has 0 unspecified atom stereocenters. The van der Waals surface area contributed by atoms with Gasteiger partial charge in [0.15, 0.2) is 5.13 Å². The van der Waals surface area contributed by atoms with Crippen LogP contribution in [0, 0.1) is 0 Å². The third-order valence-electron chi connectivity index (χ3n) is 3.25. The SMILES string of the molecule is CCCC(=O)Nc1nc2c(s1)-c1c(cnn1C(C)C)SC2. The van der Waals surface area contributed by atoms with E-state index in [4.69, 9.17) is 0 Å². The van der Waals surface area contributed by atoms with Crippen molar-refractivity contribution in [1.82, 2.24) is 14.8 Å². The van der Waals surface area contributed by atoms with Crippen molar-refractivity contribution < 1.29 is 4.79 Å². The van der Waals surface area contributed by atoms with Crippen LogP contribution in [-0.4, -0.2) is 20.7 Å². The molecule has 1 N–H and O–H groups in total. The van der Waals surface area contributed by atoms with Gasteiger partial charge in [0, 0.05) is 18.2 Å². The van der Waals surface area contributed by atoms with Gasteiger partial charge in [0.25, 0.3) is 0 Å². The highest BCUT2D eigenvalue weighted by Gasteiger charge is 2.26. The van der Waals surface area contributed by atoms with E-state index in [-0.39, 0.29) is 5.91 Å². The Morgan fingerprint density at radius 1 is 1.52 bits per heavy atom. The van der Waals surface area contributed by atoms with E-state index in [1.54, 1.807) is 23.1 Å². The van der Waals surface area contributed by atoms with Gasteiger partial charge in [-0.15, -0.1) is 11.8 Å². The topological polar surface area (TPSA) is 59.8 Å². The van der Waals surface area contributed by atoms with Crippen molar-refractivity contribution in [2.24, 2.45) is 0 Å². The van der Waals surface area contributed by atoms with Crippen molar-refractivity contribution in [3.63, 3.8) is 0 Å². The summed E-state index contributed by atoms with van der Waals surface area (Å²) in [5.74, 6) is 0.876. The molecular weight excluding hydrogens is 304 g/mol. The normalized spacial score (nSPS) is 13.1. The summed E-state index contributed by atoms with van der Waals surface area (Å²) in [7, 11) is 0. The molecule has 7 heteroatoms. The monoisotopic (exact) mass is 322 g/mol. The second-order valence-corrected chi connectivity index (χ2v) is 7.29. The summed E-state index contributed by atoms with van der Waals surface area (Å²) in [4.78, 5) is 18.6. The van der Waals surface area contributed by atoms with Gasteiger partial charge in [-0.2, -0.15) is 5.10 Å². The molecule has 3 heterocycles. The highest BCUT2D eigenvalue weighted by Crippen LogP contribution is 2.46. The highest BCUT2D eigenvalue weighted by atomic mass is 32.2. The summed E-state index contributed by atoms with van der Waals surface area (Å²) in [5.41, 5.74) is 2.19. The van der Waals surface area contributed by atoms with Crippen molar-refractivity contribution in [3.05, 3.63) is 11.9 Å². The largest absolute Gasteiger partial charge is 0.302 e. The number of fused-ring (bicyclic) bond motifs is 3. The van der Waals surface area contributed by atoms with E-state index >= 15 is 0 Å². The predicted octanol–water partition coefficient (Wildman–Crippen LogP) is 3.93. The Morgan fingerprint density at radius 2 is 2.33 bits per heavy atom. The zero-order valence-corrected chi connectivity index (χ0v) is 14.0. The van der Waals surface area contributed by atoms with E-state index < -0.39 is 0 Å². The maximum Gasteiger partial charge on any atom is 0.226 e. The molecule has 21 heavy (non-hydrogen) atoms. The zero-order valence-electron chi connectivity index (χ0n) is 12.3. The Labute approximate surface area is 132 Å². The lowest BCUT2D eigenvalue weighted by molar-refractivity contribution is -0.116. The first-order valence-corrected chi connectivity index (χ1v) is 8.90. The molecule has 2 aromatic rings. The van der Waals surface area contributed by atoms with Crippen LogP contribution in [0.25, 0.3) is 10.6 Å². The van der Waals surface area contributed by atoms with Gasteiger partial charge >= 0.3 is 0 Å². The van der Waals surface area contributed by atoms with Gasteiger partial charge in [-0.1, -0.05) is 18.3 Å². The Morgan fingerprint density at radius 3 is 3.05 bits per heavy atom. The van der Waals surface area contributed by atoms with E-state index in [1.165, 1.54) is 4.90 Å². The number of rotatable bonds is 4. The van der Waals surface area contributed by atoms with Gasteiger partial charge in [0.05, 0.1) is 27.4 Å². The molecule has 0 atom stereocenters. The molecule has 0 bridgehead atoms. The summed E-state index contributed by atoms with van der Waals surface area (Å²) in [5, 5.41) is 8.08. The second kappa shape index (κ2) is 5.81. The lowest BCUT2D eigenvalue weighted by Crippen LogP contribution is -2.10. The van der Waals surface area contributed by atoms with Crippen molar-refractivity contribution in [2.75, 3.05) is 5.32 Å². The van der Waals surface area contributed by atoms with Crippen LogP contribution in [0.15, 0.2) is 11.1 Å². The fraction of sp³-hybridized carbons (Fsp3) is 0.500. The highest BCUT2D eigenvalue weighted by molar-refractivity contribution is 7.98. The van der Waals surface area contributed by atoms with E-state index in [9.17, 15) is 4.79 Å². The number of aromatic nitrogens is 3. The van der Waals surface area contributed by atoms with Crippen LogP contribution in [0.1, 0.15) is 45.3 Å². The average Bonchev–Trinajstić information content (AvgIpc) is 3.00. The van der Waals surface area contributed by atoms with Crippen molar-refractivity contribution in [1.29, 1.82) is 0 Å². The molecular formula is C14H18N4OS2.